The first-order valence-electron chi connectivity index (χ1n) is 7.63. The Morgan fingerprint density at radius 1 is 1.09 bits per heavy atom. The van der Waals surface area contributed by atoms with Crippen molar-refractivity contribution in [3.63, 3.8) is 0 Å². The molecule has 0 spiro atoms. The number of benzene rings is 2. The topological polar surface area (TPSA) is 49.3 Å². The van der Waals surface area contributed by atoms with Crippen molar-refractivity contribution in [2.45, 2.75) is 23.3 Å². The minimum Gasteiger partial charge on any atom is -0.394 e. The maximum Gasteiger partial charge on any atom is 0.0675 e. The molecule has 1 aliphatic rings. The summed E-state index contributed by atoms with van der Waals surface area (Å²) < 4.78 is 12.3. The summed E-state index contributed by atoms with van der Waals surface area (Å²) in [6, 6.07) is 17.8. The summed E-state index contributed by atoms with van der Waals surface area (Å²) in [6.45, 7) is 0.693. The SMILES string of the molecule is O=S(CCNC1(CO)CCc2ccccc21)c1ccccc1. The average molecular weight is 315 g/mol. The van der Waals surface area contributed by atoms with Crippen molar-refractivity contribution in [3.05, 3.63) is 65.7 Å². The van der Waals surface area contributed by atoms with Gasteiger partial charge in [0.2, 0.25) is 0 Å². The highest BCUT2D eigenvalue weighted by Crippen LogP contribution is 2.36. The van der Waals surface area contributed by atoms with Gasteiger partial charge in [-0.1, -0.05) is 42.5 Å². The van der Waals surface area contributed by atoms with E-state index >= 15 is 0 Å². The Kier molecular flexibility index (Phi) is 4.71. The molecule has 3 rings (SSSR count). The van der Waals surface area contributed by atoms with E-state index in [-0.39, 0.29) is 12.1 Å². The highest BCUT2D eigenvalue weighted by Gasteiger charge is 2.37. The highest BCUT2D eigenvalue weighted by atomic mass is 32.2. The second-order valence-corrected chi connectivity index (χ2v) is 7.26. The molecule has 0 amide bonds. The van der Waals surface area contributed by atoms with Gasteiger partial charge < -0.3 is 10.4 Å². The van der Waals surface area contributed by atoms with Gasteiger partial charge in [0.05, 0.1) is 22.9 Å². The fourth-order valence-corrected chi connectivity index (χ4v) is 4.15. The van der Waals surface area contributed by atoms with Crippen LogP contribution in [0.5, 0.6) is 0 Å². The average Bonchev–Trinajstić information content (AvgIpc) is 2.95. The molecule has 0 saturated carbocycles. The van der Waals surface area contributed by atoms with Crippen LogP contribution in [0.15, 0.2) is 59.5 Å². The lowest BCUT2D eigenvalue weighted by atomic mass is 9.93. The van der Waals surface area contributed by atoms with E-state index in [4.69, 9.17) is 0 Å². The maximum atomic E-state index is 12.3. The Labute approximate surface area is 133 Å². The number of aliphatic hydroxyl groups is 1. The van der Waals surface area contributed by atoms with Crippen molar-refractivity contribution in [1.82, 2.24) is 5.32 Å². The van der Waals surface area contributed by atoms with Gasteiger partial charge in [-0.15, -0.1) is 0 Å². The monoisotopic (exact) mass is 315 g/mol. The third kappa shape index (κ3) is 3.00. The van der Waals surface area contributed by atoms with E-state index in [1.807, 2.05) is 42.5 Å². The largest absolute Gasteiger partial charge is 0.394 e. The Balaban J connectivity index is 1.65. The van der Waals surface area contributed by atoms with Crippen LogP contribution in [0.25, 0.3) is 0 Å². The van der Waals surface area contributed by atoms with E-state index in [1.165, 1.54) is 11.1 Å². The van der Waals surface area contributed by atoms with Gasteiger partial charge in [-0.05, 0) is 36.1 Å². The lowest BCUT2D eigenvalue weighted by Crippen LogP contribution is -2.45. The first-order valence-corrected chi connectivity index (χ1v) is 8.95. The number of hydrogen-bond donors (Lipinski definition) is 2. The van der Waals surface area contributed by atoms with Gasteiger partial charge in [0, 0.05) is 17.2 Å². The molecule has 0 aromatic heterocycles. The van der Waals surface area contributed by atoms with Crippen molar-refractivity contribution >= 4 is 10.8 Å². The van der Waals surface area contributed by atoms with E-state index in [1.54, 1.807) is 0 Å². The summed E-state index contributed by atoms with van der Waals surface area (Å²) >= 11 is 0. The van der Waals surface area contributed by atoms with Crippen LogP contribution < -0.4 is 5.32 Å². The predicted molar refractivity (Wildman–Crippen MR) is 89.2 cm³/mol. The number of aryl methyl sites for hydroxylation is 1. The third-order valence-electron chi connectivity index (χ3n) is 4.38. The van der Waals surface area contributed by atoms with Gasteiger partial charge in [-0.2, -0.15) is 0 Å². The van der Waals surface area contributed by atoms with Crippen molar-refractivity contribution < 1.29 is 9.32 Å². The van der Waals surface area contributed by atoms with Crippen LogP contribution in [-0.2, 0) is 22.8 Å². The van der Waals surface area contributed by atoms with Crippen LogP contribution in [0.3, 0.4) is 0 Å². The van der Waals surface area contributed by atoms with E-state index in [9.17, 15) is 9.32 Å². The highest BCUT2D eigenvalue weighted by molar-refractivity contribution is 7.85. The number of hydrogen-bond acceptors (Lipinski definition) is 3. The first kappa shape index (κ1) is 15.4. The molecule has 1 aliphatic carbocycles. The van der Waals surface area contributed by atoms with E-state index < -0.39 is 10.8 Å². The molecule has 2 aromatic rings. The van der Waals surface area contributed by atoms with Crippen LogP contribution in [0, 0.1) is 0 Å². The number of aliphatic hydroxyl groups excluding tert-OH is 1. The zero-order valence-corrected chi connectivity index (χ0v) is 13.3. The van der Waals surface area contributed by atoms with Crippen LogP contribution in [0.2, 0.25) is 0 Å². The molecule has 0 fully saturated rings. The predicted octanol–water partition coefficient (Wildman–Crippen LogP) is 2.22. The van der Waals surface area contributed by atoms with Crippen LogP contribution in [0.4, 0.5) is 0 Å². The van der Waals surface area contributed by atoms with E-state index in [0.29, 0.717) is 12.3 Å². The van der Waals surface area contributed by atoms with Crippen LogP contribution >= 0.6 is 0 Å². The number of fused-ring (bicyclic) bond motifs is 1. The third-order valence-corrected chi connectivity index (χ3v) is 5.75. The van der Waals surface area contributed by atoms with E-state index in [2.05, 4.69) is 17.4 Å². The zero-order valence-electron chi connectivity index (χ0n) is 12.5. The van der Waals surface area contributed by atoms with Crippen molar-refractivity contribution in [2.24, 2.45) is 0 Å². The molecule has 2 aromatic carbocycles. The Bertz CT molecular complexity index is 659. The fourth-order valence-electron chi connectivity index (χ4n) is 3.16. The maximum absolute atomic E-state index is 12.3. The molecular formula is C18H21NO2S. The summed E-state index contributed by atoms with van der Waals surface area (Å²) in [7, 11) is -1.01. The summed E-state index contributed by atoms with van der Waals surface area (Å²) in [4.78, 5) is 0.856. The standard InChI is InChI=1S/C18H21NO2S/c20-14-18(11-10-15-6-4-5-9-17(15)18)19-12-13-22(21)16-7-2-1-3-8-16/h1-9,19-20H,10-14H2. The lowest BCUT2D eigenvalue weighted by Gasteiger charge is -2.29. The summed E-state index contributed by atoms with van der Waals surface area (Å²) in [5.74, 6) is 0.550. The smallest absolute Gasteiger partial charge is 0.0675 e. The number of rotatable bonds is 6. The second kappa shape index (κ2) is 6.73. The molecule has 2 atom stereocenters. The molecule has 0 radical (unpaired) electrons. The molecule has 3 nitrogen and oxygen atoms in total. The molecule has 116 valence electrons. The van der Waals surface area contributed by atoms with Crippen LogP contribution in [0.1, 0.15) is 17.5 Å². The second-order valence-electron chi connectivity index (χ2n) is 5.69. The first-order chi connectivity index (χ1) is 10.7. The zero-order chi connectivity index (χ0) is 15.4. The summed E-state index contributed by atoms with van der Waals surface area (Å²) in [5.41, 5.74) is 2.11. The van der Waals surface area contributed by atoms with Gasteiger partial charge in [-0.3, -0.25) is 4.21 Å². The van der Waals surface area contributed by atoms with Crippen molar-refractivity contribution in [1.29, 1.82) is 0 Å². The van der Waals surface area contributed by atoms with Gasteiger partial charge in [0.25, 0.3) is 0 Å². The van der Waals surface area contributed by atoms with Gasteiger partial charge in [0.1, 0.15) is 0 Å². The normalized spacial score (nSPS) is 21.5. The Hall–Kier alpha value is -1.49. The Morgan fingerprint density at radius 2 is 1.82 bits per heavy atom. The molecular weight excluding hydrogens is 294 g/mol. The molecule has 2 N–H and O–H groups in total. The molecule has 22 heavy (non-hydrogen) atoms. The minimum absolute atomic E-state index is 0.0714. The molecule has 0 heterocycles. The molecule has 0 bridgehead atoms. The molecule has 0 saturated heterocycles. The molecule has 2 unspecified atom stereocenters. The number of nitrogens with one attached hydrogen (secondary N) is 1. The summed E-state index contributed by atoms with van der Waals surface area (Å²) in [6.07, 6.45) is 1.87. The van der Waals surface area contributed by atoms with Crippen LogP contribution in [-0.4, -0.2) is 28.2 Å². The van der Waals surface area contributed by atoms with Crippen molar-refractivity contribution in [2.75, 3.05) is 18.9 Å². The Morgan fingerprint density at radius 3 is 2.59 bits per heavy atom. The molecule has 4 heteroatoms. The van der Waals surface area contributed by atoms with E-state index in [0.717, 1.165) is 17.7 Å². The molecule has 0 aliphatic heterocycles. The minimum atomic E-state index is -1.01. The summed E-state index contributed by atoms with van der Waals surface area (Å²) in [5, 5.41) is 13.4. The quantitative estimate of drug-likeness (QED) is 0.859. The van der Waals surface area contributed by atoms with Crippen molar-refractivity contribution in [3.8, 4) is 0 Å². The van der Waals surface area contributed by atoms with Gasteiger partial charge in [-0.25, -0.2) is 0 Å². The van der Waals surface area contributed by atoms with Gasteiger partial charge in [0.15, 0.2) is 0 Å². The fraction of sp³-hybridized carbons (Fsp3) is 0.333. The lowest BCUT2D eigenvalue weighted by molar-refractivity contribution is 0.163. The van der Waals surface area contributed by atoms with Gasteiger partial charge >= 0.3 is 0 Å².